The third kappa shape index (κ3) is 5.09. The highest BCUT2D eigenvalue weighted by Crippen LogP contribution is 2.27. The van der Waals surface area contributed by atoms with Gasteiger partial charge in [-0.3, -0.25) is 0 Å². The number of piperidine rings is 1. The van der Waals surface area contributed by atoms with Crippen LogP contribution in [0, 0.1) is 11.3 Å². The van der Waals surface area contributed by atoms with E-state index in [1.807, 2.05) is 12.1 Å². The number of rotatable bonds is 5. The first-order valence-electron chi connectivity index (χ1n) is 10.5. The van der Waals surface area contributed by atoms with Crippen LogP contribution in [0.4, 0.5) is 0 Å². The fourth-order valence-electron chi connectivity index (χ4n) is 3.69. The van der Waals surface area contributed by atoms with E-state index in [0.29, 0.717) is 24.4 Å². The van der Waals surface area contributed by atoms with Gasteiger partial charge in [-0.25, -0.2) is 13.2 Å². The number of carbonyl (C=O) groups excluding carboxylic acids is 1. The summed E-state index contributed by atoms with van der Waals surface area (Å²) in [5.41, 5.74) is 2.38. The minimum Gasteiger partial charge on any atom is -0.423 e. The molecule has 0 saturated carbocycles. The Hall–Kier alpha value is -3.18. The Morgan fingerprint density at radius 2 is 1.52 bits per heavy atom. The van der Waals surface area contributed by atoms with Crippen LogP contribution in [0.5, 0.6) is 5.75 Å². The SMILES string of the molecule is N#Cc1ccc(-c2ccc(OC(=O)c3cc(S(=O)(=O)N4CCCCC4)ccc3Cl)cc2)cc1. The van der Waals surface area contributed by atoms with Crippen molar-refractivity contribution in [2.75, 3.05) is 13.1 Å². The van der Waals surface area contributed by atoms with Crippen molar-refractivity contribution in [2.45, 2.75) is 24.2 Å². The van der Waals surface area contributed by atoms with Gasteiger partial charge < -0.3 is 4.74 Å². The van der Waals surface area contributed by atoms with E-state index in [9.17, 15) is 13.2 Å². The lowest BCUT2D eigenvalue weighted by atomic mass is 10.0. The molecule has 1 fully saturated rings. The number of esters is 1. The fraction of sp³-hybridized carbons (Fsp3) is 0.200. The molecule has 1 heterocycles. The molecule has 0 atom stereocenters. The maximum absolute atomic E-state index is 13.0. The summed E-state index contributed by atoms with van der Waals surface area (Å²) in [5, 5.41) is 9.03. The summed E-state index contributed by atoms with van der Waals surface area (Å²) in [6.07, 6.45) is 2.65. The summed E-state index contributed by atoms with van der Waals surface area (Å²) in [7, 11) is -3.70. The monoisotopic (exact) mass is 480 g/mol. The van der Waals surface area contributed by atoms with Gasteiger partial charge in [0.2, 0.25) is 10.0 Å². The van der Waals surface area contributed by atoms with E-state index >= 15 is 0 Å². The van der Waals surface area contributed by atoms with Crippen molar-refractivity contribution in [3.63, 3.8) is 0 Å². The van der Waals surface area contributed by atoms with Crippen molar-refractivity contribution in [3.05, 3.63) is 82.9 Å². The average molecular weight is 481 g/mol. The Bertz CT molecular complexity index is 1310. The molecule has 0 aliphatic carbocycles. The first kappa shape index (κ1) is 23.0. The first-order chi connectivity index (χ1) is 15.9. The van der Waals surface area contributed by atoms with E-state index in [1.54, 1.807) is 36.4 Å². The number of sulfonamides is 1. The summed E-state index contributed by atoms with van der Waals surface area (Å²) in [6, 6.07) is 20.2. The number of carbonyl (C=O) groups is 1. The Balaban J connectivity index is 1.52. The summed E-state index contributed by atoms with van der Waals surface area (Å²) in [5.74, 6) is -0.431. The van der Waals surface area contributed by atoms with Crippen LogP contribution in [-0.2, 0) is 10.0 Å². The van der Waals surface area contributed by atoms with Crippen LogP contribution in [0.25, 0.3) is 11.1 Å². The summed E-state index contributed by atoms with van der Waals surface area (Å²) in [6.45, 7) is 0.937. The van der Waals surface area contributed by atoms with E-state index in [1.165, 1.54) is 22.5 Å². The van der Waals surface area contributed by atoms with Crippen LogP contribution in [0.15, 0.2) is 71.6 Å². The Morgan fingerprint density at radius 1 is 0.909 bits per heavy atom. The first-order valence-corrected chi connectivity index (χ1v) is 12.3. The van der Waals surface area contributed by atoms with Crippen molar-refractivity contribution >= 4 is 27.6 Å². The van der Waals surface area contributed by atoms with Gasteiger partial charge in [0.05, 0.1) is 27.1 Å². The molecule has 0 unspecified atom stereocenters. The maximum Gasteiger partial charge on any atom is 0.345 e. The molecule has 8 heteroatoms. The van der Waals surface area contributed by atoms with Gasteiger partial charge in [-0.2, -0.15) is 9.57 Å². The molecular formula is C25H21ClN2O4S. The highest BCUT2D eigenvalue weighted by atomic mass is 35.5. The maximum atomic E-state index is 13.0. The smallest absolute Gasteiger partial charge is 0.345 e. The molecule has 0 aromatic heterocycles. The van der Waals surface area contributed by atoms with Crippen LogP contribution in [0.1, 0.15) is 35.2 Å². The molecule has 1 aliphatic heterocycles. The van der Waals surface area contributed by atoms with Crippen molar-refractivity contribution in [2.24, 2.45) is 0 Å². The number of nitrogens with zero attached hydrogens (tertiary/aromatic N) is 2. The molecule has 1 saturated heterocycles. The van der Waals surface area contributed by atoms with E-state index in [-0.39, 0.29) is 15.5 Å². The minimum absolute atomic E-state index is 0.00841. The summed E-state index contributed by atoms with van der Waals surface area (Å²) in [4.78, 5) is 12.8. The lowest BCUT2D eigenvalue weighted by Crippen LogP contribution is -2.35. The topological polar surface area (TPSA) is 87.5 Å². The van der Waals surface area contributed by atoms with Crippen molar-refractivity contribution < 1.29 is 17.9 Å². The molecule has 4 rings (SSSR count). The molecule has 0 bridgehead atoms. The molecule has 0 N–H and O–H groups in total. The van der Waals surface area contributed by atoms with E-state index < -0.39 is 16.0 Å². The standard InChI is InChI=1S/C25H21ClN2O4S/c26-24-13-12-22(33(30,31)28-14-2-1-3-15-28)16-23(24)25(29)32-21-10-8-20(9-11-21)19-6-4-18(17-27)5-7-19/h4-13,16H,1-3,14-15H2. The fourth-order valence-corrected chi connectivity index (χ4v) is 5.43. The molecule has 33 heavy (non-hydrogen) atoms. The lowest BCUT2D eigenvalue weighted by molar-refractivity contribution is 0.0734. The predicted molar refractivity (Wildman–Crippen MR) is 126 cm³/mol. The zero-order valence-electron chi connectivity index (χ0n) is 17.7. The van der Waals surface area contributed by atoms with Crippen LogP contribution in [0.3, 0.4) is 0 Å². The molecule has 0 spiro atoms. The second-order valence-corrected chi connectivity index (χ2v) is 10.1. The minimum atomic E-state index is -3.70. The second-order valence-electron chi connectivity index (χ2n) is 7.71. The Labute approximate surface area is 198 Å². The number of nitriles is 1. The van der Waals surface area contributed by atoms with Crippen LogP contribution in [-0.4, -0.2) is 31.8 Å². The van der Waals surface area contributed by atoms with E-state index in [0.717, 1.165) is 30.4 Å². The van der Waals surface area contributed by atoms with Gasteiger partial charge in [-0.05, 0) is 66.4 Å². The van der Waals surface area contributed by atoms with Gasteiger partial charge in [0.25, 0.3) is 0 Å². The van der Waals surface area contributed by atoms with Gasteiger partial charge in [0, 0.05) is 13.1 Å². The molecular weight excluding hydrogens is 460 g/mol. The Kier molecular flexibility index (Phi) is 6.80. The lowest BCUT2D eigenvalue weighted by Gasteiger charge is -2.26. The Morgan fingerprint density at radius 3 is 2.12 bits per heavy atom. The van der Waals surface area contributed by atoms with E-state index in [4.69, 9.17) is 21.6 Å². The van der Waals surface area contributed by atoms with Crippen molar-refractivity contribution in [1.82, 2.24) is 4.31 Å². The second kappa shape index (κ2) is 9.75. The number of hydrogen-bond donors (Lipinski definition) is 0. The number of halogens is 1. The third-order valence-corrected chi connectivity index (χ3v) is 7.75. The molecule has 168 valence electrons. The van der Waals surface area contributed by atoms with E-state index in [2.05, 4.69) is 6.07 Å². The molecule has 3 aromatic rings. The van der Waals surface area contributed by atoms with Gasteiger partial charge in [-0.1, -0.05) is 42.3 Å². The summed E-state index contributed by atoms with van der Waals surface area (Å²) < 4.78 is 32.8. The molecule has 0 amide bonds. The average Bonchev–Trinajstić information content (AvgIpc) is 2.85. The van der Waals surface area contributed by atoms with Gasteiger partial charge in [-0.15, -0.1) is 0 Å². The highest BCUT2D eigenvalue weighted by molar-refractivity contribution is 7.89. The zero-order chi connectivity index (χ0) is 23.4. The van der Waals surface area contributed by atoms with Crippen molar-refractivity contribution in [1.29, 1.82) is 5.26 Å². The number of ether oxygens (including phenoxy) is 1. The molecule has 1 aliphatic rings. The normalized spacial score (nSPS) is 14.4. The van der Waals surface area contributed by atoms with Crippen LogP contribution >= 0.6 is 11.6 Å². The predicted octanol–water partition coefficient (Wildman–Crippen LogP) is 5.27. The van der Waals surface area contributed by atoms with Crippen LogP contribution in [0.2, 0.25) is 5.02 Å². The van der Waals surface area contributed by atoms with Gasteiger partial charge >= 0.3 is 5.97 Å². The molecule has 6 nitrogen and oxygen atoms in total. The number of hydrogen-bond acceptors (Lipinski definition) is 5. The largest absolute Gasteiger partial charge is 0.423 e. The van der Waals surface area contributed by atoms with Gasteiger partial charge in [0.15, 0.2) is 0 Å². The molecule has 3 aromatic carbocycles. The zero-order valence-corrected chi connectivity index (χ0v) is 19.3. The highest BCUT2D eigenvalue weighted by Gasteiger charge is 2.27. The number of benzene rings is 3. The molecule has 0 radical (unpaired) electrons. The quantitative estimate of drug-likeness (QED) is 0.366. The third-order valence-electron chi connectivity index (χ3n) is 5.52. The summed E-state index contributed by atoms with van der Waals surface area (Å²) >= 11 is 6.19. The van der Waals surface area contributed by atoms with Crippen molar-refractivity contribution in [3.8, 4) is 22.9 Å². The van der Waals surface area contributed by atoms with Crippen LogP contribution < -0.4 is 4.74 Å². The van der Waals surface area contributed by atoms with Gasteiger partial charge in [0.1, 0.15) is 5.75 Å².